The van der Waals surface area contributed by atoms with Crippen molar-refractivity contribution >= 4 is 18.3 Å². The lowest BCUT2D eigenvalue weighted by Gasteiger charge is -2.31. The van der Waals surface area contributed by atoms with Gasteiger partial charge in [-0.3, -0.25) is 9.48 Å². The van der Waals surface area contributed by atoms with Crippen LogP contribution in [0.3, 0.4) is 0 Å². The van der Waals surface area contributed by atoms with Gasteiger partial charge in [-0.15, -0.1) is 12.4 Å². The van der Waals surface area contributed by atoms with Gasteiger partial charge in [0.15, 0.2) is 0 Å². The SMILES string of the molecule is Cl.O=C(NC1CC2CC1C1CCCC21)c1ccn(C2CCCNC2)n1. The summed E-state index contributed by atoms with van der Waals surface area (Å²) in [5.41, 5.74) is 0.589. The first-order valence-electron chi connectivity index (χ1n) is 9.86. The third-order valence-electron chi connectivity index (χ3n) is 7.23. The number of aromatic nitrogens is 2. The second-order valence-corrected chi connectivity index (χ2v) is 8.42. The molecule has 1 saturated heterocycles. The lowest BCUT2D eigenvalue weighted by atomic mass is 9.79. The molecule has 6 heteroatoms. The molecule has 5 rings (SSSR count). The van der Waals surface area contributed by atoms with Gasteiger partial charge in [0.1, 0.15) is 5.69 Å². The minimum Gasteiger partial charge on any atom is -0.348 e. The topological polar surface area (TPSA) is 59.0 Å². The van der Waals surface area contributed by atoms with Gasteiger partial charge in [-0.25, -0.2) is 0 Å². The molecule has 0 spiro atoms. The number of fused-ring (bicyclic) bond motifs is 5. The zero-order chi connectivity index (χ0) is 16.1. The molecule has 138 valence electrons. The van der Waals surface area contributed by atoms with Crippen LogP contribution in [0.4, 0.5) is 0 Å². The molecule has 6 unspecified atom stereocenters. The Morgan fingerprint density at radius 3 is 2.88 bits per heavy atom. The van der Waals surface area contributed by atoms with E-state index in [1.54, 1.807) is 0 Å². The molecule has 2 heterocycles. The van der Waals surface area contributed by atoms with E-state index < -0.39 is 0 Å². The lowest BCUT2D eigenvalue weighted by Crippen LogP contribution is -2.42. The van der Waals surface area contributed by atoms with Crippen LogP contribution in [0, 0.1) is 23.7 Å². The molecule has 4 fully saturated rings. The average Bonchev–Trinajstić information content (AvgIpc) is 3.36. The fourth-order valence-corrected chi connectivity index (χ4v) is 6.20. The average molecular weight is 365 g/mol. The van der Waals surface area contributed by atoms with E-state index >= 15 is 0 Å². The fourth-order valence-electron chi connectivity index (χ4n) is 6.20. The summed E-state index contributed by atoms with van der Waals surface area (Å²) in [5, 5.41) is 11.3. The van der Waals surface area contributed by atoms with Gasteiger partial charge in [-0.05, 0) is 74.8 Å². The maximum atomic E-state index is 12.7. The Balaban J connectivity index is 0.00000157. The number of nitrogens with one attached hydrogen (secondary N) is 2. The van der Waals surface area contributed by atoms with Crippen molar-refractivity contribution in [1.82, 2.24) is 20.4 Å². The van der Waals surface area contributed by atoms with Gasteiger partial charge in [-0.1, -0.05) is 6.42 Å². The van der Waals surface area contributed by atoms with Gasteiger partial charge < -0.3 is 10.6 Å². The van der Waals surface area contributed by atoms with Crippen molar-refractivity contribution in [3.63, 3.8) is 0 Å². The van der Waals surface area contributed by atoms with E-state index in [1.807, 2.05) is 16.9 Å². The molecule has 4 aliphatic rings. The Morgan fingerprint density at radius 1 is 1.16 bits per heavy atom. The third-order valence-corrected chi connectivity index (χ3v) is 7.23. The summed E-state index contributed by atoms with van der Waals surface area (Å²) in [6, 6.07) is 2.67. The van der Waals surface area contributed by atoms with Gasteiger partial charge in [0.2, 0.25) is 0 Å². The van der Waals surface area contributed by atoms with Crippen LogP contribution in [-0.4, -0.2) is 34.8 Å². The van der Waals surface area contributed by atoms with E-state index in [9.17, 15) is 4.79 Å². The van der Waals surface area contributed by atoms with Gasteiger partial charge >= 0.3 is 0 Å². The number of hydrogen-bond donors (Lipinski definition) is 2. The summed E-state index contributed by atoms with van der Waals surface area (Å²) in [5.74, 6) is 3.50. The quantitative estimate of drug-likeness (QED) is 0.867. The van der Waals surface area contributed by atoms with Crippen molar-refractivity contribution < 1.29 is 4.79 Å². The minimum absolute atomic E-state index is 0. The smallest absolute Gasteiger partial charge is 0.272 e. The molecule has 0 aromatic carbocycles. The van der Waals surface area contributed by atoms with Crippen molar-refractivity contribution in [3.05, 3.63) is 18.0 Å². The van der Waals surface area contributed by atoms with Crippen LogP contribution in [0.5, 0.6) is 0 Å². The molecule has 3 saturated carbocycles. The highest BCUT2D eigenvalue weighted by molar-refractivity contribution is 5.92. The van der Waals surface area contributed by atoms with Crippen LogP contribution in [0.1, 0.15) is 61.5 Å². The van der Waals surface area contributed by atoms with Gasteiger partial charge in [0.25, 0.3) is 5.91 Å². The Hall–Kier alpha value is -1.07. The first-order valence-corrected chi connectivity index (χ1v) is 9.86. The summed E-state index contributed by atoms with van der Waals surface area (Å²) in [6.07, 6.45) is 11.1. The van der Waals surface area contributed by atoms with E-state index in [1.165, 1.54) is 38.5 Å². The molecule has 0 radical (unpaired) electrons. The Labute approximate surface area is 155 Å². The van der Waals surface area contributed by atoms with Crippen LogP contribution in [0.25, 0.3) is 0 Å². The highest BCUT2D eigenvalue weighted by Crippen LogP contribution is 2.58. The second-order valence-electron chi connectivity index (χ2n) is 8.42. The van der Waals surface area contributed by atoms with Crippen molar-refractivity contribution in [3.8, 4) is 0 Å². The van der Waals surface area contributed by atoms with E-state index in [-0.39, 0.29) is 18.3 Å². The summed E-state index contributed by atoms with van der Waals surface area (Å²) in [4.78, 5) is 12.7. The van der Waals surface area contributed by atoms with E-state index in [0.29, 0.717) is 17.8 Å². The summed E-state index contributed by atoms with van der Waals surface area (Å²) in [6.45, 7) is 2.05. The van der Waals surface area contributed by atoms with Crippen molar-refractivity contribution in [2.24, 2.45) is 23.7 Å². The van der Waals surface area contributed by atoms with Crippen molar-refractivity contribution in [1.29, 1.82) is 0 Å². The standard InChI is InChI=1S/C19H28N4O.ClH/c24-19(17-6-8-23(22-17)13-3-2-7-20-11-13)21-18-10-12-9-16(18)15-5-1-4-14(12)15;/h6,8,12-16,18,20H,1-5,7,9-11H2,(H,21,24);1H. The highest BCUT2D eigenvalue weighted by atomic mass is 35.5. The second kappa shape index (κ2) is 6.92. The Morgan fingerprint density at radius 2 is 2.04 bits per heavy atom. The Bertz CT molecular complexity index is 627. The van der Waals surface area contributed by atoms with Gasteiger partial charge in [0, 0.05) is 18.8 Å². The maximum absolute atomic E-state index is 12.7. The molecule has 3 aliphatic carbocycles. The van der Waals surface area contributed by atoms with Crippen LogP contribution >= 0.6 is 12.4 Å². The molecule has 6 atom stereocenters. The molecule has 5 nitrogen and oxygen atoms in total. The Kier molecular flexibility index (Phi) is 4.80. The monoisotopic (exact) mass is 364 g/mol. The van der Waals surface area contributed by atoms with E-state index in [0.717, 1.165) is 43.2 Å². The van der Waals surface area contributed by atoms with E-state index in [4.69, 9.17) is 0 Å². The predicted molar refractivity (Wildman–Crippen MR) is 98.9 cm³/mol. The molecular formula is C19H29ClN4O. The van der Waals surface area contributed by atoms with Crippen molar-refractivity contribution in [2.45, 2.75) is 57.0 Å². The largest absolute Gasteiger partial charge is 0.348 e. The highest BCUT2D eigenvalue weighted by Gasteiger charge is 2.54. The number of rotatable bonds is 3. The maximum Gasteiger partial charge on any atom is 0.272 e. The predicted octanol–water partition coefficient (Wildman–Crippen LogP) is 2.78. The molecule has 1 aliphatic heterocycles. The molecule has 1 aromatic heterocycles. The number of carbonyl (C=O) groups is 1. The number of piperidine rings is 1. The lowest BCUT2D eigenvalue weighted by molar-refractivity contribution is 0.0894. The number of nitrogens with zero attached hydrogens (tertiary/aromatic N) is 2. The third kappa shape index (κ3) is 2.99. The van der Waals surface area contributed by atoms with E-state index in [2.05, 4.69) is 15.7 Å². The molecule has 1 aromatic rings. The number of halogens is 1. The van der Waals surface area contributed by atoms with Crippen LogP contribution in [0.2, 0.25) is 0 Å². The zero-order valence-corrected chi connectivity index (χ0v) is 15.5. The summed E-state index contributed by atoms with van der Waals surface area (Å²) < 4.78 is 1.98. The summed E-state index contributed by atoms with van der Waals surface area (Å²) >= 11 is 0. The first kappa shape index (κ1) is 17.3. The first-order chi connectivity index (χ1) is 11.8. The molecule has 2 bridgehead atoms. The molecule has 1 amide bonds. The fraction of sp³-hybridized carbons (Fsp3) is 0.789. The summed E-state index contributed by atoms with van der Waals surface area (Å²) in [7, 11) is 0. The van der Waals surface area contributed by atoms with Crippen LogP contribution in [-0.2, 0) is 0 Å². The van der Waals surface area contributed by atoms with Gasteiger partial charge in [0.05, 0.1) is 6.04 Å². The normalized spacial score (nSPS) is 39.0. The minimum atomic E-state index is 0. The van der Waals surface area contributed by atoms with Crippen molar-refractivity contribution in [2.75, 3.05) is 13.1 Å². The number of hydrogen-bond acceptors (Lipinski definition) is 3. The van der Waals surface area contributed by atoms with Crippen LogP contribution < -0.4 is 10.6 Å². The number of amides is 1. The molecule has 2 N–H and O–H groups in total. The van der Waals surface area contributed by atoms with Gasteiger partial charge in [-0.2, -0.15) is 5.10 Å². The molecular weight excluding hydrogens is 336 g/mol. The number of carbonyl (C=O) groups excluding carboxylic acids is 1. The molecule has 25 heavy (non-hydrogen) atoms. The zero-order valence-electron chi connectivity index (χ0n) is 14.7. The van der Waals surface area contributed by atoms with Crippen LogP contribution in [0.15, 0.2) is 12.3 Å².